The van der Waals surface area contributed by atoms with Gasteiger partial charge in [-0.2, -0.15) is 0 Å². The van der Waals surface area contributed by atoms with Crippen LogP contribution in [-0.4, -0.2) is 46.9 Å². The van der Waals surface area contributed by atoms with Gasteiger partial charge in [0, 0.05) is 6.42 Å². The molecule has 0 fully saturated rings. The molecular formula is C48H93NO5. The third-order valence-corrected chi connectivity index (χ3v) is 11.1. The Hall–Kier alpha value is -1.40. The van der Waals surface area contributed by atoms with Crippen molar-refractivity contribution in [2.45, 2.75) is 277 Å². The van der Waals surface area contributed by atoms with Crippen LogP contribution in [0.4, 0.5) is 0 Å². The monoisotopic (exact) mass is 764 g/mol. The third-order valence-electron chi connectivity index (χ3n) is 11.1. The fourth-order valence-electron chi connectivity index (χ4n) is 7.43. The molecule has 6 heteroatoms. The smallest absolute Gasteiger partial charge is 0.306 e. The van der Waals surface area contributed by atoms with Gasteiger partial charge in [0.15, 0.2) is 0 Å². The Morgan fingerprint density at radius 2 is 0.889 bits per heavy atom. The Morgan fingerprint density at radius 1 is 0.519 bits per heavy atom. The number of allylic oxidation sites excluding steroid dienone is 2. The molecule has 3 unspecified atom stereocenters. The van der Waals surface area contributed by atoms with Gasteiger partial charge in [-0.3, -0.25) is 9.59 Å². The Bertz CT molecular complexity index is 817. The zero-order valence-electron chi connectivity index (χ0n) is 36.4. The fraction of sp³-hybridized carbons (Fsp3) is 0.917. The lowest BCUT2D eigenvalue weighted by Gasteiger charge is -2.24. The standard InChI is InChI=1S/C48H93NO5/c1-4-7-10-13-16-19-21-22-23-24-25-26-29-31-34-37-40-46(51)45(43-50)49-47(52)42-44(39-36-33-30-28-20-17-14-11-8-5-2)54-48(53)41-38-35-32-27-18-15-12-9-6-3/h17,20,44-46,50-51H,4-16,18-19,21-43H2,1-3H3,(H,49,52)/b20-17-. The minimum Gasteiger partial charge on any atom is -0.462 e. The molecule has 54 heavy (non-hydrogen) atoms. The largest absolute Gasteiger partial charge is 0.462 e. The molecular weight excluding hydrogens is 671 g/mol. The summed E-state index contributed by atoms with van der Waals surface area (Å²) in [4.78, 5) is 25.9. The van der Waals surface area contributed by atoms with Crippen molar-refractivity contribution in [3.8, 4) is 0 Å². The van der Waals surface area contributed by atoms with Crippen molar-refractivity contribution < 1.29 is 24.5 Å². The molecule has 0 aliphatic heterocycles. The first kappa shape index (κ1) is 52.6. The van der Waals surface area contributed by atoms with Crippen LogP contribution in [0.15, 0.2) is 12.2 Å². The number of aliphatic hydroxyl groups excluding tert-OH is 2. The molecule has 3 N–H and O–H groups in total. The topological polar surface area (TPSA) is 95.9 Å². The van der Waals surface area contributed by atoms with E-state index in [1.165, 1.54) is 148 Å². The number of unbranched alkanes of at least 4 members (excludes halogenated alkanes) is 29. The van der Waals surface area contributed by atoms with Crippen molar-refractivity contribution in [3.05, 3.63) is 12.2 Å². The van der Waals surface area contributed by atoms with E-state index in [9.17, 15) is 19.8 Å². The number of ether oxygens (including phenoxy) is 1. The molecule has 0 radical (unpaired) electrons. The molecule has 0 aromatic rings. The Balaban J connectivity index is 4.44. The highest BCUT2D eigenvalue weighted by Gasteiger charge is 2.24. The van der Waals surface area contributed by atoms with E-state index in [0.29, 0.717) is 19.3 Å². The Morgan fingerprint density at radius 3 is 1.35 bits per heavy atom. The van der Waals surface area contributed by atoms with Crippen molar-refractivity contribution in [2.24, 2.45) is 0 Å². The molecule has 320 valence electrons. The van der Waals surface area contributed by atoms with E-state index in [2.05, 4.69) is 38.2 Å². The first-order valence-corrected chi connectivity index (χ1v) is 23.9. The van der Waals surface area contributed by atoms with Crippen LogP contribution in [0.25, 0.3) is 0 Å². The molecule has 0 aliphatic carbocycles. The van der Waals surface area contributed by atoms with Gasteiger partial charge in [-0.15, -0.1) is 0 Å². The maximum absolute atomic E-state index is 13.1. The lowest BCUT2D eigenvalue weighted by atomic mass is 10.0. The van der Waals surface area contributed by atoms with Gasteiger partial charge in [0.05, 0.1) is 25.2 Å². The molecule has 0 spiro atoms. The molecule has 0 aliphatic rings. The minimum atomic E-state index is -0.784. The summed E-state index contributed by atoms with van der Waals surface area (Å²) >= 11 is 0. The molecule has 0 saturated carbocycles. The average Bonchev–Trinajstić information content (AvgIpc) is 3.16. The zero-order chi connectivity index (χ0) is 39.6. The average molecular weight is 764 g/mol. The second-order valence-corrected chi connectivity index (χ2v) is 16.5. The normalized spacial score (nSPS) is 13.4. The summed E-state index contributed by atoms with van der Waals surface area (Å²) in [6.45, 7) is 6.44. The van der Waals surface area contributed by atoms with E-state index < -0.39 is 18.2 Å². The number of rotatable bonds is 43. The van der Waals surface area contributed by atoms with Gasteiger partial charge < -0.3 is 20.3 Å². The van der Waals surface area contributed by atoms with Crippen molar-refractivity contribution >= 4 is 11.9 Å². The van der Waals surface area contributed by atoms with Crippen LogP contribution >= 0.6 is 0 Å². The maximum atomic E-state index is 13.1. The van der Waals surface area contributed by atoms with Crippen LogP contribution < -0.4 is 5.32 Å². The molecule has 3 atom stereocenters. The van der Waals surface area contributed by atoms with Crippen LogP contribution in [0.1, 0.15) is 258 Å². The number of esters is 1. The van der Waals surface area contributed by atoms with Gasteiger partial charge >= 0.3 is 5.97 Å². The highest BCUT2D eigenvalue weighted by Crippen LogP contribution is 2.18. The number of carbonyl (C=O) groups excluding carboxylic acids is 2. The first-order chi connectivity index (χ1) is 26.5. The van der Waals surface area contributed by atoms with Crippen LogP contribution in [0.5, 0.6) is 0 Å². The van der Waals surface area contributed by atoms with E-state index in [1.807, 2.05) is 0 Å². The van der Waals surface area contributed by atoms with Crippen LogP contribution in [0.2, 0.25) is 0 Å². The quantitative estimate of drug-likeness (QED) is 0.0326. The second kappa shape index (κ2) is 42.7. The van der Waals surface area contributed by atoms with Crippen LogP contribution in [-0.2, 0) is 14.3 Å². The van der Waals surface area contributed by atoms with E-state index in [4.69, 9.17) is 4.74 Å². The van der Waals surface area contributed by atoms with E-state index in [-0.39, 0.29) is 24.9 Å². The van der Waals surface area contributed by atoms with Crippen LogP contribution in [0, 0.1) is 0 Å². The summed E-state index contributed by atoms with van der Waals surface area (Å²) in [5.74, 6) is -0.482. The SMILES string of the molecule is CCCCC/C=C\CCCCCC(CC(=O)NC(CO)C(O)CCCCCCCCCCCCCCCCCC)OC(=O)CCCCCCCCCCC. The number of aliphatic hydroxyl groups is 2. The summed E-state index contributed by atoms with van der Waals surface area (Å²) in [6.07, 6.45) is 45.6. The molecule has 1 amide bonds. The molecule has 0 rings (SSSR count). The van der Waals surface area contributed by atoms with Gasteiger partial charge in [-0.05, 0) is 51.4 Å². The highest BCUT2D eigenvalue weighted by atomic mass is 16.5. The van der Waals surface area contributed by atoms with E-state index >= 15 is 0 Å². The minimum absolute atomic E-state index is 0.0725. The van der Waals surface area contributed by atoms with Gasteiger partial charge in [-0.1, -0.05) is 206 Å². The maximum Gasteiger partial charge on any atom is 0.306 e. The summed E-state index contributed by atoms with van der Waals surface area (Å²) < 4.78 is 5.88. The molecule has 0 saturated heterocycles. The first-order valence-electron chi connectivity index (χ1n) is 23.9. The van der Waals surface area contributed by atoms with Crippen LogP contribution in [0.3, 0.4) is 0 Å². The second-order valence-electron chi connectivity index (χ2n) is 16.5. The van der Waals surface area contributed by atoms with E-state index in [1.54, 1.807) is 0 Å². The zero-order valence-corrected chi connectivity index (χ0v) is 36.4. The number of carbonyl (C=O) groups is 2. The Kier molecular flexibility index (Phi) is 41.6. The molecule has 0 bridgehead atoms. The van der Waals surface area contributed by atoms with Gasteiger partial charge in [-0.25, -0.2) is 0 Å². The predicted molar refractivity (Wildman–Crippen MR) is 232 cm³/mol. The van der Waals surface area contributed by atoms with Crippen molar-refractivity contribution in [3.63, 3.8) is 0 Å². The number of hydrogen-bond donors (Lipinski definition) is 3. The summed E-state index contributed by atoms with van der Waals surface area (Å²) in [6, 6.07) is -0.698. The summed E-state index contributed by atoms with van der Waals surface area (Å²) in [5.41, 5.74) is 0. The highest BCUT2D eigenvalue weighted by molar-refractivity contribution is 5.77. The van der Waals surface area contributed by atoms with Gasteiger partial charge in [0.2, 0.25) is 5.91 Å². The molecule has 0 heterocycles. The van der Waals surface area contributed by atoms with E-state index in [0.717, 1.165) is 64.2 Å². The number of nitrogens with one attached hydrogen (secondary N) is 1. The van der Waals surface area contributed by atoms with Crippen molar-refractivity contribution in [2.75, 3.05) is 6.61 Å². The number of amides is 1. The van der Waals surface area contributed by atoms with Gasteiger partial charge in [0.1, 0.15) is 6.10 Å². The fourth-order valence-corrected chi connectivity index (χ4v) is 7.43. The molecule has 0 aromatic heterocycles. The lowest BCUT2D eigenvalue weighted by Crippen LogP contribution is -2.46. The molecule has 0 aromatic carbocycles. The van der Waals surface area contributed by atoms with Crippen molar-refractivity contribution in [1.82, 2.24) is 5.32 Å². The van der Waals surface area contributed by atoms with Gasteiger partial charge in [0.25, 0.3) is 0 Å². The number of hydrogen-bond acceptors (Lipinski definition) is 5. The lowest BCUT2D eigenvalue weighted by molar-refractivity contribution is -0.151. The molecule has 6 nitrogen and oxygen atoms in total. The predicted octanol–water partition coefficient (Wildman–Crippen LogP) is 13.8. The summed E-state index contributed by atoms with van der Waals surface area (Å²) in [5, 5.41) is 23.7. The Labute approximate surface area is 336 Å². The third kappa shape index (κ3) is 37.5. The van der Waals surface area contributed by atoms with Crippen molar-refractivity contribution in [1.29, 1.82) is 0 Å². The summed E-state index contributed by atoms with van der Waals surface area (Å²) in [7, 11) is 0.